The third-order valence-electron chi connectivity index (χ3n) is 3.75. The zero-order chi connectivity index (χ0) is 15.4. The first kappa shape index (κ1) is 15.5. The summed E-state index contributed by atoms with van der Waals surface area (Å²) in [7, 11) is 1.56. The van der Waals surface area contributed by atoms with E-state index in [1.807, 2.05) is 6.92 Å². The lowest BCUT2D eigenvalue weighted by Crippen LogP contribution is -2.29. The molecular weight excluding hydrogens is 272 g/mol. The van der Waals surface area contributed by atoms with Crippen LogP contribution in [0.1, 0.15) is 30.1 Å². The van der Waals surface area contributed by atoms with Crippen LogP contribution in [0.5, 0.6) is 0 Å². The van der Waals surface area contributed by atoms with E-state index in [9.17, 15) is 14.7 Å². The predicted molar refractivity (Wildman–Crippen MR) is 76.6 cm³/mol. The fraction of sp³-hybridized carbons (Fsp3) is 0.643. The monoisotopic (exact) mass is 294 g/mol. The van der Waals surface area contributed by atoms with Crippen molar-refractivity contribution in [3.05, 3.63) is 18.0 Å². The molecule has 1 fully saturated rings. The summed E-state index contributed by atoms with van der Waals surface area (Å²) < 4.78 is 1.74. The molecule has 1 aliphatic heterocycles. The van der Waals surface area contributed by atoms with Gasteiger partial charge in [-0.05, 0) is 6.42 Å². The zero-order valence-corrected chi connectivity index (χ0v) is 12.5. The Kier molecular flexibility index (Phi) is 4.95. The van der Waals surface area contributed by atoms with Crippen LogP contribution in [0.25, 0.3) is 0 Å². The second-order valence-electron chi connectivity index (χ2n) is 5.41. The van der Waals surface area contributed by atoms with Crippen molar-refractivity contribution in [3.63, 3.8) is 0 Å². The molecule has 1 aromatic rings. The molecule has 0 aromatic carbocycles. The van der Waals surface area contributed by atoms with Crippen LogP contribution in [-0.2, 0) is 11.3 Å². The van der Waals surface area contributed by atoms with Crippen LogP contribution < -0.4 is 5.32 Å². The molecular formula is C14H22N4O3. The Morgan fingerprint density at radius 1 is 1.48 bits per heavy atom. The lowest BCUT2D eigenvalue weighted by Gasteiger charge is -2.14. The molecule has 0 spiro atoms. The van der Waals surface area contributed by atoms with Gasteiger partial charge in [0.1, 0.15) is 0 Å². The number of aryl methyl sites for hydroxylation is 1. The van der Waals surface area contributed by atoms with Crippen LogP contribution in [0.3, 0.4) is 0 Å². The van der Waals surface area contributed by atoms with Gasteiger partial charge >= 0.3 is 0 Å². The van der Waals surface area contributed by atoms with Gasteiger partial charge in [0.15, 0.2) is 0 Å². The zero-order valence-electron chi connectivity index (χ0n) is 12.5. The Hall–Kier alpha value is -1.89. The van der Waals surface area contributed by atoms with Crippen molar-refractivity contribution in [2.45, 2.75) is 32.4 Å². The van der Waals surface area contributed by atoms with Gasteiger partial charge < -0.3 is 15.3 Å². The highest BCUT2D eigenvalue weighted by Gasteiger charge is 2.35. The van der Waals surface area contributed by atoms with Gasteiger partial charge in [-0.1, -0.05) is 6.92 Å². The topological polar surface area (TPSA) is 87.5 Å². The van der Waals surface area contributed by atoms with Gasteiger partial charge in [-0.25, -0.2) is 0 Å². The molecule has 2 amide bonds. The smallest absolute Gasteiger partial charge is 0.257 e. The van der Waals surface area contributed by atoms with Gasteiger partial charge in [0.05, 0.1) is 17.9 Å². The molecule has 0 radical (unpaired) electrons. The summed E-state index contributed by atoms with van der Waals surface area (Å²) in [5, 5.41) is 16.7. The van der Waals surface area contributed by atoms with E-state index in [1.54, 1.807) is 29.0 Å². The molecule has 2 rings (SSSR count). The third kappa shape index (κ3) is 3.60. The number of hydrogen-bond donors (Lipinski definition) is 2. The van der Waals surface area contributed by atoms with Crippen molar-refractivity contribution in [1.82, 2.24) is 20.0 Å². The molecule has 116 valence electrons. The molecule has 2 atom stereocenters. The summed E-state index contributed by atoms with van der Waals surface area (Å²) in [4.78, 5) is 25.4. The van der Waals surface area contributed by atoms with Crippen LogP contribution in [0, 0.1) is 5.92 Å². The molecule has 1 saturated heterocycles. The Labute approximate surface area is 123 Å². The second kappa shape index (κ2) is 6.71. The molecule has 0 bridgehead atoms. The minimum absolute atomic E-state index is 0.121. The number of nitrogens with one attached hydrogen (secondary N) is 1. The Balaban J connectivity index is 1.98. The van der Waals surface area contributed by atoms with E-state index in [0.29, 0.717) is 12.1 Å². The fourth-order valence-corrected chi connectivity index (χ4v) is 2.57. The Morgan fingerprint density at radius 3 is 2.90 bits per heavy atom. The number of rotatable bonds is 5. The molecule has 7 nitrogen and oxygen atoms in total. The van der Waals surface area contributed by atoms with Crippen molar-refractivity contribution >= 4 is 11.8 Å². The number of aliphatic hydroxyl groups excluding tert-OH is 1. The molecule has 2 N–H and O–H groups in total. The first-order valence-electron chi connectivity index (χ1n) is 7.25. The summed E-state index contributed by atoms with van der Waals surface area (Å²) in [6.45, 7) is 3.48. The first-order valence-corrected chi connectivity index (χ1v) is 7.25. The lowest BCUT2D eigenvalue weighted by atomic mass is 10.0. The maximum absolute atomic E-state index is 12.4. The molecule has 7 heteroatoms. The van der Waals surface area contributed by atoms with Crippen molar-refractivity contribution in [3.8, 4) is 0 Å². The average Bonchev–Trinajstić information content (AvgIpc) is 3.06. The number of carbonyl (C=O) groups is 2. The van der Waals surface area contributed by atoms with Crippen molar-refractivity contribution in [2.75, 3.05) is 20.1 Å². The predicted octanol–water partition coefficient (Wildman–Crippen LogP) is -0.138. The summed E-state index contributed by atoms with van der Waals surface area (Å²) in [5.74, 6) is -0.473. The summed E-state index contributed by atoms with van der Waals surface area (Å²) in [5.41, 5.74) is 0.524. The number of β-amino-alcohol motifs (C(OH)–C–C–N with tert-alkyl or cyclic N) is 1. The average molecular weight is 294 g/mol. The molecule has 0 aliphatic carbocycles. The fourth-order valence-electron chi connectivity index (χ4n) is 2.57. The number of carbonyl (C=O) groups excluding carboxylic acids is 2. The second-order valence-corrected chi connectivity index (χ2v) is 5.41. The van der Waals surface area contributed by atoms with Crippen molar-refractivity contribution in [1.29, 1.82) is 0 Å². The maximum Gasteiger partial charge on any atom is 0.257 e. The quantitative estimate of drug-likeness (QED) is 0.791. The van der Waals surface area contributed by atoms with Crippen LogP contribution in [0.15, 0.2) is 12.4 Å². The van der Waals surface area contributed by atoms with Crippen LogP contribution >= 0.6 is 0 Å². The number of aliphatic hydroxyl groups is 1. The number of amides is 2. The standard InChI is InChI=1S/C14H22N4O3/c1-3-4-18-8-11(6-16-18)14(21)17-7-10(12(19)9-17)5-13(20)15-2/h6,8,10,12,19H,3-5,7,9H2,1-2H3,(H,15,20)/t10-,12-/m0/s1. The van der Waals surface area contributed by atoms with Gasteiger partial charge in [0.25, 0.3) is 5.91 Å². The van der Waals surface area contributed by atoms with Crippen LogP contribution in [0.2, 0.25) is 0 Å². The third-order valence-corrected chi connectivity index (χ3v) is 3.75. The maximum atomic E-state index is 12.4. The number of nitrogens with zero attached hydrogens (tertiary/aromatic N) is 3. The minimum atomic E-state index is -0.656. The van der Waals surface area contributed by atoms with Gasteiger partial charge in [-0.3, -0.25) is 14.3 Å². The van der Waals surface area contributed by atoms with E-state index in [0.717, 1.165) is 13.0 Å². The largest absolute Gasteiger partial charge is 0.391 e. The Bertz CT molecular complexity index is 514. The molecule has 0 unspecified atom stereocenters. The van der Waals surface area contributed by atoms with E-state index < -0.39 is 6.10 Å². The van der Waals surface area contributed by atoms with E-state index in [4.69, 9.17) is 0 Å². The number of aromatic nitrogens is 2. The first-order chi connectivity index (χ1) is 10.0. The molecule has 0 saturated carbocycles. The summed E-state index contributed by atoms with van der Waals surface area (Å²) in [6.07, 6.45) is 3.81. The molecule has 1 aromatic heterocycles. The van der Waals surface area contributed by atoms with Gasteiger partial charge in [-0.2, -0.15) is 5.10 Å². The highest BCUT2D eigenvalue weighted by atomic mass is 16.3. The van der Waals surface area contributed by atoms with Crippen molar-refractivity contribution in [2.24, 2.45) is 5.92 Å². The number of hydrogen-bond acceptors (Lipinski definition) is 4. The van der Waals surface area contributed by atoms with Gasteiger partial charge in [0.2, 0.25) is 5.91 Å². The van der Waals surface area contributed by atoms with E-state index in [2.05, 4.69) is 10.4 Å². The molecule has 1 aliphatic rings. The van der Waals surface area contributed by atoms with Gasteiger partial charge in [-0.15, -0.1) is 0 Å². The van der Waals surface area contributed by atoms with E-state index >= 15 is 0 Å². The lowest BCUT2D eigenvalue weighted by molar-refractivity contribution is -0.122. The van der Waals surface area contributed by atoms with E-state index in [1.165, 1.54) is 0 Å². The normalized spacial score (nSPS) is 21.6. The van der Waals surface area contributed by atoms with E-state index in [-0.39, 0.29) is 30.7 Å². The van der Waals surface area contributed by atoms with Crippen molar-refractivity contribution < 1.29 is 14.7 Å². The summed E-state index contributed by atoms with van der Waals surface area (Å²) in [6, 6.07) is 0. The van der Waals surface area contributed by atoms with Crippen LogP contribution in [0.4, 0.5) is 0 Å². The summed E-state index contributed by atoms with van der Waals surface area (Å²) >= 11 is 0. The van der Waals surface area contributed by atoms with Gasteiger partial charge in [0, 0.05) is 45.2 Å². The minimum Gasteiger partial charge on any atom is -0.391 e. The highest BCUT2D eigenvalue weighted by molar-refractivity contribution is 5.94. The number of likely N-dealkylation sites (tertiary alicyclic amines) is 1. The molecule has 2 heterocycles. The van der Waals surface area contributed by atoms with Crippen LogP contribution in [-0.4, -0.2) is 57.8 Å². The SMILES string of the molecule is CCCn1cc(C(=O)N2C[C@H](CC(=O)NC)[C@@H](O)C2)cn1. The molecule has 21 heavy (non-hydrogen) atoms. The Morgan fingerprint density at radius 2 is 2.24 bits per heavy atom. The highest BCUT2D eigenvalue weighted by Crippen LogP contribution is 2.22.